The van der Waals surface area contributed by atoms with E-state index in [1.54, 1.807) is 0 Å². The highest BCUT2D eigenvalue weighted by atomic mass is 16.2. The Labute approximate surface area is 186 Å². The Hall–Kier alpha value is -2.34. The van der Waals surface area contributed by atoms with Gasteiger partial charge in [-0.05, 0) is 49.3 Å². The Balaban J connectivity index is 1.42. The van der Waals surface area contributed by atoms with Crippen molar-refractivity contribution in [1.29, 1.82) is 0 Å². The van der Waals surface area contributed by atoms with E-state index < -0.39 is 0 Å². The van der Waals surface area contributed by atoms with Crippen molar-refractivity contribution >= 4 is 11.8 Å². The van der Waals surface area contributed by atoms with Gasteiger partial charge in [-0.2, -0.15) is 0 Å². The second-order valence-electron chi connectivity index (χ2n) is 9.59. The quantitative estimate of drug-likeness (QED) is 0.755. The maximum atomic E-state index is 13.1. The van der Waals surface area contributed by atoms with Crippen LogP contribution >= 0.6 is 0 Å². The second kappa shape index (κ2) is 9.43. The number of fused-ring (bicyclic) bond motifs is 2. The third kappa shape index (κ3) is 4.95. The summed E-state index contributed by atoms with van der Waals surface area (Å²) in [6, 6.07) is 8.93. The molecule has 1 saturated heterocycles. The van der Waals surface area contributed by atoms with Crippen molar-refractivity contribution in [3.63, 3.8) is 0 Å². The molecule has 1 aromatic rings. The molecule has 1 aliphatic carbocycles. The van der Waals surface area contributed by atoms with Crippen LogP contribution in [0.3, 0.4) is 0 Å². The summed E-state index contributed by atoms with van der Waals surface area (Å²) in [5.41, 5.74) is 3.55. The summed E-state index contributed by atoms with van der Waals surface area (Å²) in [5, 5.41) is 3.31. The molecule has 2 amide bonds. The SMILES string of the molecule is CCCN1C[C@@H](NC(=O)N2CCc3ccccc3C2)C[C@@H]2CC(=O)C(=CN(C)C)C[C@H]21. The van der Waals surface area contributed by atoms with Crippen molar-refractivity contribution in [2.75, 3.05) is 33.7 Å². The number of carbonyl (C=O) groups excluding carboxylic acids is 2. The van der Waals surface area contributed by atoms with Crippen molar-refractivity contribution in [1.82, 2.24) is 20.0 Å². The van der Waals surface area contributed by atoms with Crippen LogP contribution in [0.4, 0.5) is 4.79 Å². The molecule has 4 rings (SSSR count). The molecule has 1 aromatic carbocycles. The number of piperidine rings is 1. The smallest absolute Gasteiger partial charge is 0.317 e. The summed E-state index contributed by atoms with van der Waals surface area (Å²) in [4.78, 5) is 32.2. The fourth-order valence-corrected chi connectivity index (χ4v) is 5.56. The fraction of sp³-hybridized carbons (Fsp3) is 0.600. The first-order valence-corrected chi connectivity index (χ1v) is 11.7. The van der Waals surface area contributed by atoms with E-state index in [1.165, 1.54) is 11.1 Å². The van der Waals surface area contributed by atoms with Crippen LogP contribution < -0.4 is 5.32 Å². The lowest BCUT2D eigenvalue weighted by Gasteiger charge is -2.47. The number of benzene rings is 1. The van der Waals surface area contributed by atoms with Gasteiger partial charge in [0.2, 0.25) is 0 Å². The second-order valence-corrected chi connectivity index (χ2v) is 9.59. The number of urea groups is 1. The number of amides is 2. The van der Waals surface area contributed by atoms with Gasteiger partial charge < -0.3 is 15.1 Å². The minimum absolute atomic E-state index is 0.0322. The number of hydrogen-bond donors (Lipinski definition) is 1. The lowest BCUT2D eigenvalue weighted by molar-refractivity contribution is -0.119. The van der Waals surface area contributed by atoms with Crippen LogP contribution in [0, 0.1) is 5.92 Å². The largest absolute Gasteiger partial charge is 0.383 e. The molecule has 3 aliphatic rings. The first kappa shape index (κ1) is 21.9. The third-order valence-electron chi connectivity index (χ3n) is 6.96. The molecule has 168 valence electrons. The van der Waals surface area contributed by atoms with Gasteiger partial charge in [0.15, 0.2) is 5.78 Å². The van der Waals surface area contributed by atoms with E-state index in [-0.39, 0.29) is 17.9 Å². The minimum atomic E-state index is 0.0322. The van der Waals surface area contributed by atoms with Crippen molar-refractivity contribution in [2.45, 2.75) is 57.7 Å². The van der Waals surface area contributed by atoms with Gasteiger partial charge in [-0.3, -0.25) is 9.69 Å². The van der Waals surface area contributed by atoms with Crippen LogP contribution in [0.2, 0.25) is 0 Å². The summed E-state index contributed by atoms with van der Waals surface area (Å²) in [7, 11) is 3.95. The van der Waals surface area contributed by atoms with E-state index >= 15 is 0 Å². The average Bonchev–Trinajstić information content (AvgIpc) is 2.74. The maximum Gasteiger partial charge on any atom is 0.317 e. The third-order valence-corrected chi connectivity index (χ3v) is 6.96. The minimum Gasteiger partial charge on any atom is -0.383 e. The summed E-state index contributed by atoms with van der Waals surface area (Å²) in [6.07, 6.45) is 6.29. The van der Waals surface area contributed by atoms with Gasteiger partial charge in [-0.15, -0.1) is 0 Å². The number of likely N-dealkylation sites (tertiary alicyclic amines) is 1. The molecular weight excluding hydrogens is 388 g/mol. The first-order chi connectivity index (χ1) is 14.9. The van der Waals surface area contributed by atoms with Crippen LogP contribution in [-0.2, 0) is 17.8 Å². The fourth-order valence-electron chi connectivity index (χ4n) is 5.56. The summed E-state index contributed by atoms with van der Waals surface area (Å²) < 4.78 is 0. The zero-order valence-electron chi connectivity index (χ0n) is 19.1. The van der Waals surface area contributed by atoms with E-state index in [4.69, 9.17) is 0 Å². The molecule has 31 heavy (non-hydrogen) atoms. The van der Waals surface area contributed by atoms with E-state index in [0.29, 0.717) is 24.9 Å². The predicted molar refractivity (Wildman–Crippen MR) is 123 cm³/mol. The molecule has 2 heterocycles. The Kier molecular flexibility index (Phi) is 6.65. The predicted octanol–water partition coefficient (Wildman–Crippen LogP) is 3.03. The number of nitrogens with one attached hydrogen (secondary N) is 1. The van der Waals surface area contributed by atoms with Crippen LogP contribution in [0.1, 0.15) is 43.7 Å². The van der Waals surface area contributed by atoms with Crippen molar-refractivity contribution in [3.8, 4) is 0 Å². The van der Waals surface area contributed by atoms with Crippen LogP contribution in [0.25, 0.3) is 0 Å². The van der Waals surface area contributed by atoms with Gasteiger partial charge in [0.05, 0.1) is 0 Å². The summed E-state index contributed by atoms with van der Waals surface area (Å²) >= 11 is 0. The molecule has 2 aliphatic heterocycles. The highest BCUT2D eigenvalue weighted by Crippen LogP contribution is 2.36. The number of ketones is 1. The van der Waals surface area contributed by atoms with E-state index in [0.717, 1.165) is 50.9 Å². The molecule has 3 atom stereocenters. The molecule has 6 nitrogen and oxygen atoms in total. The van der Waals surface area contributed by atoms with Crippen LogP contribution in [0.5, 0.6) is 0 Å². The van der Waals surface area contributed by atoms with Crippen LogP contribution in [0.15, 0.2) is 36.0 Å². The molecule has 0 unspecified atom stereocenters. The van der Waals surface area contributed by atoms with Crippen molar-refractivity contribution < 1.29 is 9.59 Å². The van der Waals surface area contributed by atoms with Gasteiger partial charge in [0, 0.05) is 64.0 Å². The van der Waals surface area contributed by atoms with Gasteiger partial charge in [0.25, 0.3) is 0 Å². The molecule has 1 N–H and O–H groups in total. The van der Waals surface area contributed by atoms with Gasteiger partial charge in [-0.1, -0.05) is 31.2 Å². The Morgan fingerprint density at radius 2 is 2.00 bits per heavy atom. The molecule has 6 heteroatoms. The van der Waals surface area contributed by atoms with Crippen LogP contribution in [-0.4, -0.2) is 72.3 Å². The average molecular weight is 425 g/mol. The molecule has 1 saturated carbocycles. The molecule has 0 aromatic heterocycles. The zero-order valence-corrected chi connectivity index (χ0v) is 19.1. The first-order valence-electron chi connectivity index (χ1n) is 11.7. The standard InChI is InChI=1S/C25H36N4O2/c1-4-10-28-17-22(12-20-14-24(30)21(13-23(20)28)15-27(2)3)26-25(31)29-11-9-18-7-5-6-8-19(18)16-29/h5-8,15,20,22-23H,4,9-14,16-17H2,1-3H3,(H,26,31)/t20-,22+,23-/m1/s1. The number of Topliss-reactive ketones (excluding diaryl/α,β-unsaturated/α-hetero) is 1. The highest BCUT2D eigenvalue weighted by Gasteiger charge is 2.41. The lowest BCUT2D eigenvalue weighted by atomic mass is 9.74. The molecule has 0 spiro atoms. The number of nitrogens with zero attached hydrogens (tertiary/aromatic N) is 3. The molecule has 0 bridgehead atoms. The van der Waals surface area contributed by atoms with E-state index in [1.807, 2.05) is 36.2 Å². The Bertz CT molecular complexity index is 850. The molecular formula is C25H36N4O2. The van der Waals surface area contributed by atoms with E-state index in [9.17, 15) is 9.59 Å². The maximum absolute atomic E-state index is 13.1. The van der Waals surface area contributed by atoms with Crippen molar-refractivity contribution in [2.24, 2.45) is 5.92 Å². The molecule has 2 fully saturated rings. The monoisotopic (exact) mass is 424 g/mol. The normalized spacial score (nSPS) is 27.6. The summed E-state index contributed by atoms with van der Waals surface area (Å²) in [6.45, 7) is 5.52. The topological polar surface area (TPSA) is 55.9 Å². The Morgan fingerprint density at radius 3 is 2.74 bits per heavy atom. The lowest BCUT2D eigenvalue weighted by Crippen LogP contribution is -2.59. The number of rotatable bonds is 4. The van der Waals surface area contributed by atoms with Crippen molar-refractivity contribution in [3.05, 3.63) is 47.2 Å². The van der Waals surface area contributed by atoms with Gasteiger partial charge >= 0.3 is 6.03 Å². The highest BCUT2D eigenvalue weighted by molar-refractivity contribution is 5.96. The zero-order chi connectivity index (χ0) is 22.0. The number of carbonyl (C=O) groups is 2. The van der Waals surface area contributed by atoms with Gasteiger partial charge in [-0.25, -0.2) is 4.79 Å². The molecule has 0 radical (unpaired) electrons. The van der Waals surface area contributed by atoms with Gasteiger partial charge in [0.1, 0.15) is 0 Å². The van der Waals surface area contributed by atoms with E-state index in [2.05, 4.69) is 35.3 Å². The summed E-state index contributed by atoms with van der Waals surface area (Å²) in [5.74, 6) is 0.588. The Morgan fingerprint density at radius 1 is 1.23 bits per heavy atom. The number of hydrogen-bond acceptors (Lipinski definition) is 4.